The highest BCUT2D eigenvalue weighted by molar-refractivity contribution is 5.96. The lowest BCUT2D eigenvalue weighted by atomic mass is 9.97. The topological polar surface area (TPSA) is 82.1 Å². The zero-order chi connectivity index (χ0) is 16.1. The summed E-state index contributed by atoms with van der Waals surface area (Å²) in [6.45, 7) is 3.73. The summed E-state index contributed by atoms with van der Waals surface area (Å²) in [6.07, 6.45) is -0.529. The maximum Gasteiger partial charge on any atom is 0.314 e. The lowest BCUT2D eigenvalue weighted by Gasteiger charge is -2.37. The van der Waals surface area contributed by atoms with Crippen molar-refractivity contribution >= 4 is 11.8 Å². The third kappa shape index (κ3) is 4.05. The number of benzene rings is 1. The number of Topliss-reactive ketones (excluding diaryl/α,β-unsaturated/α-hetero) is 1. The average Bonchev–Trinajstić information content (AvgIpc) is 2.46. The molecule has 0 amide bonds. The van der Waals surface area contributed by atoms with E-state index in [-0.39, 0.29) is 37.3 Å². The molecule has 1 unspecified atom stereocenters. The van der Waals surface area contributed by atoms with Crippen molar-refractivity contribution in [2.24, 2.45) is 5.92 Å². The van der Waals surface area contributed by atoms with Crippen LogP contribution in [0.5, 0.6) is 5.75 Å². The second-order valence-electron chi connectivity index (χ2n) is 5.08. The summed E-state index contributed by atoms with van der Waals surface area (Å²) in [5.74, 6) is -1.04. The first-order valence-electron chi connectivity index (χ1n) is 7.31. The highest BCUT2D eigenvalue weighted by Crippen LogP contribution is 2.28. The van der Waals surface area contributed by atoms with E-state index in [1.165, 1.54) is 12.1 Å². The van der Waals surface area contributed by atoms with E-state index in [2.05, 4.69) is 0 Å². The molecule has 120 valence electrons. The normalized spacial score (nSPS) is 21.7. The molecule has 6 heteroatoms. The van der Waals surface area contributed by atoms with Gasteiger partial charge in [0.15, 0.2) is 18.4 Å². The van der Waals surface area contributed by atoms with E-state index in [1.54, 1.807) is 26.0 Å². The van der Waals surface area contributed by atoms with Crippen molar-refractivity contribution in [1.82, 2.24) is 0 Å². The van der Waals surface area contributed by atoms with Crippen molar-refractivity contribution in [3.05, 3.63) is 29.8 Å². The molecule has 1 atom stereocenters. The Hall–Kier alpha value is -1.92. The van der Waals surface area contributed by atoms with Crippen molar-refractivity contribution in [3.63, 3.8) is 0 Å². The van der Waals surface area contributed by atoms with Crippen LogP contribution in [-0.2, 0) is 19.0 Å². The van der Waals surface area contributed by atoms with Crippen LogP contribution in [0.25, 0.3) is 0 Å². The van der Waals surface area contributed by atoms with E-state index >= 15 is 0 Å². The number of hydrogen-bond acceptors (Lipinski definition) is 6. The summed E-state index contributed by atoms with van der Waals surface area (Å²) in [5.41, 5.74) is 0.490. The van der Waals surface area contributed by atoms with E-state index in [0.717, 1.165) is 0 Å². The Morgan fingerprint density at radius 2 is 1.91 bits per heavy atom. The van der Waals surface area contributed by atoms with Crippen molar-refractivity contribution in [2.45, 2.75) is 39.3 Å². The van der Waals surface area contributed by atoms with Gasteiger partial charge in [-0.05, 0) is 44.5 Å². The first-order valence-corrected chi connectivity index (χ1v) is 7.31. The summed E-state index contributed by atoms with van der Waals surface area (Å²) in [4.78, 5) is 24.1. The summed E-state index contributed by atoms with van der Waals surface area (Å²) >= 11 is 0. The fourth-order valence-electron chi connectivity index (χ4n) is 2.27. The predicted octanol–water partition coefficient (Wildman–Crippen LogP) is 2.25. The summed E-state index contributed by atoms with van der Waals surface area (Å²) < 4.78 is 15.7. The molecule has 1 aliphatic rings. The minimum absolute atomic E-state index is 0.103. The number of phenols is 1. The SMILES string of the molecule is CCOC(=O)C(CCC(=O)c1ccc(O)cc1)C1OC(C)O1. The number of phenolic OH excluding ortho intramolecular Hbond substituents is 1. The Balaban J connectivity index is 1.94. The van der Waals surface area contributed by atoms with E-state index < -0.39 is 18.2 Å². The van der Waals surface area contributed by atoms with Crippen LogP contribution in [0.2, 0.25) is 0 Å². The van der Waals surface area contributed by atoms with Gasteiger partial charge >= 0.3 is 5.97 Å². The van der Waals surface area contributed by atoms with E-state index in [4.69, 9.17) is 14.2 Å². The lowest BCUT2D eigenvalue weighted by molar-refractivity contribution is -0.389. The molecule has 1 aliphatic heterocycles. The fraction of sp³-hybridized carbons (Fsp3) is 0.500. The molecular weight excluding hydrogens is 288 g/mol. The number of ketones is 1. The molecule has 0 aliphatic carbocycles. The number of carbonyl (C=O) groups excluding carboxylic acids is 2. The maximum absolute atomic E-state index is 12.1. The van der Waals surface area contributed by atoms with E-state index in [9.17, 15) is 14.7 Å². The first-order chi connectivity index (χ1) is 10.5. The molecule has 1 aromatic carbocycles. The van der Waals surface area contributed by atoms with Crippen LogP contribution < -0.4 is 0 Å². The minimum atomic E-state index is -0.651. The van der Waals surface area contributed by atoms with Crippen molar-refractivity contribution in [1.29, 1.82) is 0 Å². The maximum atomic E-state index is 12.1. The molecule has 0 spiro atoms. The molecule has 1 saturated heterocycles. The van der Waals surface area contributed by atoms with Gasteiger partial charge in [-0.2, -0.15) is 0 Å². The summed E-state index contributed by atoms with van der Waals surface area (Å²) in [7, 11) is 0. The summed E-state index contributed by atoms with van der Waals surface area (Å²) in [5, 5.41) is 9.22. The number of rotatable bonds is 7. The van der Waals surface area contributed by atoms with Crippen LogP contribution >= 0.6 is 0 Å². The third-order valence-corrected chi connectivity index (χ3v) is 3.44. The van der Waals surface area contributed by atoms with Crippen molar-refractivity contribution < 1.29 is 28.9 Å². The second kappa shape index (κ2) is 7.38. The largest absolute Gasteiger partial charge is 0.508 e. The third-order valence-electron chi connectivity index (χ3n) is 3.44. The van der Waals surface area contributed by atoms with Crippen LogP contribution in [-0.4, -0.2) is 36.0 Å². The Morgan fingerprint density at radius 3 is 2.45 bits per heavy atom. The molecule has 1 N–H and O–H groups in total. The lowest BCUT2D eigenvalue weighted by Crippen LogP contribution is -2.47. The fourth-order valence-corrected chi connectivity index (χ4v) is 2.27. The van der Waals surface area contributed by atoms with Gasteiger partial charge in [-0.3, -0.25) is 9.59 Å². The average molecular weight is 308 g/mol. The van der Waals surface area contributed by atoms with Gasteiger partial charge in [0.25, 0.3) is 0 Å². The molecule has 0 saturated carbocycles. The number of ether oxygens (including phenoxy) is 3. The zero-order valence-electron chi connectivity index (χ0n) is 12.7. The molecular formula is C16H20O6. The van der Waals surface area contributed by atoms with Crippen LogP contribution in [0.15, 0.2) is 24.3 Å². The molecule has 1 heterocycles. The Morgan fingerprint density at radius 1 is 1.27 bits per heavy atom. The second-order valence-corrected chi connectivity index (χ2v) is 5.08. The first kappa shape index (κ1) is 16.5. The van der Waals surface area contributed by atoms with Gasteiger partial charge in [0.2, 0.25) is 0 Å². The molecule has 22 heavy (non-hydrogen) atoms. The standard InChI is InChI=1S/C16H20O6/c1-3-20-15(19)13(16-21-10(2)22-16)8-9-14(18)11-4-6-12(17)7-5-11/h4-7,10,13,16-17H,3,8-9H2,1-2H3. The molecule has 0 radical (unpaired) electrons. The molecule has 1 fully saturated rings. The molecule has 6 nitrogen and oxygen atoms in total. The van der Waals surface area contributed by atoms with Crippen LogP contribution in [0.3, 0.4) is 0 Å². The van der Waals surface area contributed by atoms with Crippen LogP contribution in [0.1, 0.15) is 37.0 Å². The monoisotopic (exact) mass is 308 g/mol. The van der Waals surface area contributed by atoms with Gasteiger partial charge in [0.1, 0.15) is 11.7 Å². The quantitative estimate of drug-likeness (QED) is 0.614. The highest BCUT2D eigenvalue weighted by Gasteiger charge is 2.39. The van der Waals surface area contributed by atoms with Crippen LogP contribution in [0.4, 0.5) is 0 Å². The molecule has 0 aromatic heterocycles. The van der Waals surface area contributed by atoms with Gasteiger partial charge in [0.05, 0.1) is 6.61 Å². The Kier molecular flexibility index (Phi) is 5.51. The molecule has 0 bridgehead atoms. The van der Waals surface area contributed by atoms with Gasteiger partial charge in [-0.25, -0.2) is 0 Å². The van der Waals surface area contributed by atoms with E-state index in [1.807, 2.05) is 0 Å². The number of hydrogen-bond donors (Lipinski definition) is 1. The van der Waals surface area contributed by atoms with Gasteiger partial charge in [0, 0.05) is 12.0 Å². The number of aromatic hydroxyl groups is 1. The highest BCUT2D eigenvalue weighted by atomic mass is 16.9. The van der Waals surface area contributed by atoms with Crippen LogP contribution in [0, 0.1) is 5.92 Å². The number of carbonyl (C=O) groups is 2. The Bertz CT molecular complexity index is 518. The smallest absolute Gasteiger partial charge is 0.314 e. The molecule has 2 rings (SSSR count). The molecule has 1 aromatic rings. The predicted molar refractivity (Wildman–Crippen MR) is 77.2 cm³/mol. The number of esters is 1. The zero-order valence-corrected chi connectivity index (χ0v) is 12.7. The van der Waals surface area contributed by atoms with E-state index in [0.29, 0.717) is 5.56 Å². The Labute approximate surface area is 129 Å². The van der Waals surface area contributed by atoms with Crippen molar-refractivity contribution in [2.75, 3.05) is 6.61 Å². The summed E-state index contributed by atoms with van der Waals surface area (Å²) in [6, 6.07) is 6.01. The van der Waals surface area contributed by atoms with Gasteiger partial charge in [-0.15, -0.1) is 0 Å². The van der Waals surface area contributed by atoms with Crippen molar-refractivity contribution in [3.8, 4) is 5.75 Å². The minimum Gasteiger partial charge on any atom is -0.508 e. The van der Waals surface area contributed by atoms with Gasteiger partial charge < -0.3 is 19.3 Å². The van der Waals surface area contributed by atoms with Gasteiger partial charge in [-0.1, -0.05) is 0 Å².